The summed E-state index contributed by atoms with van der Waals surface area (Å²) in [7, 11) is 6.00. The Labute approximate surface area is 145 Å². The molecule has 1 atom stereocenters. The Morgan fingerprint density at radius 2 is 2.08 bits per heavy atom. The summed E-state index contributed by atoms with van der Waals surface area (Å²) in [5, 5.41) is 0. The van der Waals surface area contributed by atoms with E-state index in [1.807, 2.05) is 4.90 Å². The highest BCUT2D eigenvalue weighted by Crippen LogP contribution is 2.23. The lowest BCUT2D eigenvalue weighted by molar-refractivity contribution is -0.128. The van der Waals surface area contributed by atoms with Crippen LogP contribution in [0.3, 0.4) is 0 Å². The van der Waals surface area contributed by atoms with Crippen LogP contribution in [0.15, 0.2) is 18.2 Å². The number of hydrogen-bond donors (Lipinski definition) is 0. The van der Waals surface area contributed by atoms with Gasteiger partial charge in [-0.1, -0.05) is 18.2 Å². The zero-order valence-corrected chi connectivity index (χ0v) is 15.1. The lowest BCUT2D eigenvalue weighted by Crippen LogP contribution is -2.31. The van der Waals surface area contributed by atoms with E-state index >= 15 is 0 Å². The van der Waals surface area contributed by atoms with E-state index in [0.717, 1.165) is 32.7 Å². The van der Waals surface area contributed by atoms with Crippen LogP contribution in [0.5, 0.6) is 0 Å². The molecule has 132 valence electrons. The van der Waals surface area contributed by atoms with Gasteiger partial charge in [-0.15, -0.1) is 0 Å². The summed E-state index contributed by atoms with van der Waals surface area (Å²) in [5.74, 6) is 0.700. The van der Waals surface area contributed by atoms with Crippen molar-refractivity contribution in [2.75, 3.05) is 47.4 Å². The smallest absolute Gasteiger partial charge is 0.223 e. The molecule has 0 aliphatic carbocycles. The summed E-state index contributed by atoms with van der Waals surface area (Å²) in [6.45, 7) is 6.23. The standard InChI is InChI=1S/C19H29N3O2/c1-20(11-16-9-19(23)22(12-16)6-7-24-3)10-15-4-5-17-13-21(2)14-18(17)8-15/h4-5,8,16H,6-7,9-14H2,1-3H3/t16-/m1/s1. The van der Waals surface area contributed by atoms with Crippen molar-refractivity contribution in [3.05, 3.63) is 34.9 Å². The molecule has 0 spiro atoms. The first kappa shape index (κ1) is 17.4. The van der Waals surface area contributed by atoms with Gasteiger partial charge in [-0.25, -0.2) is 0 Å². The second-order valence-corrected chi connectivity index (χ2v) is 7.37. The topological polar surface area (TPSA) is 36.0 Å². The normalized spacial score (nSPS) is 21.1. The number of methoxy groups -OCH3 is 1. The van der Waals surface area contributed by atoms with Crippen molar-refractivity contribution in [1.82, 2.24) is 14.7 Å². The fourth-order valence-electron chi connectivity index (χ4n) is 3.93. The Hall–Kier alpha value is -1.43. The third-order valence-corrected chi connectivity index (χ3v) is 5.03. The Morgan fingerprint density at radius 3 is 2.88 bits per heavy atom. The molecule has 0 saturated carbocycles. The molecule has 5 nitrogen and oxygen atoms in total. The average Bonchev–Trinajstić information content (AvgIpc) is 3.06. The first-order chi connectivity index (χ1) is 11.5. The third-order valence-electron chi connectivity index (χ3n) is 5.03. The molecule has 5 heteroatoms. The molecular formula is C19H29N3O2. The van der Waals surface area contributed by atoms with Crippen molar-refractivity contribution in [3.63, 3.8) is 0 Å². The van der Waals surface area contributed by atoms with Gasteiger partial charge in [0.1, 0.15) is 0 Å². The minimum absolute atomic E-state index is 0.269. The molecule has 1 amide bonds. The van der Waals surface area contributed by atoms with Gasteiger partial charge in [0.25, 0.3) is 0 Å². The maximum absolute atomic E-state index is 12.0. The molecule has 2 heterocycles. The molecule has 1 aromatic rings. The van der Waals surface area contributed by atoms with Crippen LogP contribution in [0.2, 0.25) is 0 Å². The van der Waals surface area contributed by atoms with Gasteiger partial charge in [-0.3, -0.25) is 9.69 Å². The van der Waals surface area contributed by atoms with Crippen LogP contribution in [0.4, 0.5) is 0 Å². The van der Waals surface area contributed by atoms with Gasteiger partial charge < -0.3 is 14.5 Å². The van der Waals surface area contributed by atoms with Crippen LogP contribution < -0.4 is 0 Å². The molecule has 0 unspecified atom stereocenters. The lowest BCUT2D eigenvalue weighted by Gasteiger charge is -2.21. The first-order valence-corrected chi connectivity index (χ1v) is 8.79. The van der Waals surface area contributed by atoms with Crippen LogP contribution in [0.25, 0.3) is 0 Å². The predicted molar refractivity (Wildman–Crippen MR) is 94.5 cm³/mol. The second kappa shape index (κ2) is 7.64. The summed E-state index contributed by atoms with van der Waals surface area (Å²) in [5.41, 5.74) is 4.29. The summed E-state index contributed by atoms with van der Waals surface area (Å²) in [6.07, 6.45) is 0.670. The fourth-order valence-corrected chi connectivity index (χ4v) is 3.93. The van der Waals surface area contributed by atoms with Gasteiger partial charge in [-0.05, 0) is 36.7 Å². The Bertz CT molecular complexity index is 590. The Kier molecular flexibility index (Phi) is 5.54. The van der Waals surface area contributed by atoms with Crippen molar-refractivity contribution < 1.29 is 9.53 Å². The third kappa shape index (κ3) is 4.15. The van der Waals surface area contributed by atoms with Crippen LogP contribution in [0.1, 0.15) is 23.1 Å². The molecule has 0 N–H and O–H groups in total. The number of hydrogen-bond acceptors (Lipinski definition) is 4. The van der Waals surface area contributed by atoms with E-state index in [4.69, 9.17) is 4.74 Å². The molecule has 1 saturated heterocycles. The Morgan fingerprint density at radius 1 is 1.29 bits per heavy atom. The van der Waals surface area contributed by atoms with E-state index in [1.165, 1.54) is 16.7 Å². The van der Waals surface area contributed by atoms with Gasteiger partial charge in [0, 0.05) is 52.8 Å². The number of fused-ring (bicyclic) bond motifs is 1. The SMILES string of the molecule is COCCN1C[C@@H](CN(C)Cc2ccc3c(c2)CN(C)C3)CC1=O. The zero-order chi connectivity index (χ0) is 17.1. The van der Waals surface area contributed by atoms with E-state index < -0.39 is 0 Å². The van der Waals surface area contributed by atoms with Crippen molar-refractivity contribution in [2.24, 2.45) is 5.92 Å². The van der Waals surface area contributed by atoms with E-state index in [2.05, 4.69) is 42.1 Å². The number of carbonyl (C=O) groups excluding carboxylic acids is 1. The van der Waals surface area contributed by atoms with Gasteiger partial charge >= 0.3 is 0 Å². The molecule has 0 radical (unpaired) electrons. The number of ether oxygens (including phenoxy) is 1. The molecule has 2 aliphatic heterocycles. The molecule has 3 rings (SSSR count). The summed E-state index contributed by atoms with van der Waals surface area (Å²) >= 11 is 0. The second-order valence-electron chi connectivity index (χ2n) is 7.37. The van der Waals surface area contributed by atoms with Crippen molar-refractivity contribution in [1.29, 1.82) is 0 Å². The quantitative estimate of drug-likeness (QED) is 0.760. The monoisotopic (exact) mass is 331 g/mol. The summed E-state index contributed by atoms with van der Waals surface area (Å²) in [6, 6.07) is 6.87. The van der Waals surface area contributed by atoms with E-state index in [0.29, 0.717) is 25.5 Å². The average molecular weight is 331 g/mol. The number of benzene rings is 1. The van der Waals surface area contributed by atoms with Gasteiger partial charge in [0.2, 0.25) is 5.91 Å². The van der Waals surface area contributed by atoms with E-state index in [9.17, 15) is 4.79 Å². The molecule has 24 heavy (non-hydrogen) atoms. The van der Waals surface area contributed by atoms with Crippen LogP contribution in [0, 0.1) is 5.92 Å². The number of amides is 1. The molecule has 0 bridgehead atoms. The van der Waals surface area contributed by atoms with Crippen LogP contribution in [-0.4, -0.2) is 68.1 Å². The lowest BCUT2D eigenvalue weighted by atomic mass is 10.1. The zero-order valence-electron chi connectivity index (χ0n) is 15.1. The van der Waals surface area contributed by atoms with E-state index in [-0.39, 0.29) is 5.91 Å². The highest BCUT2D eigenvalue weighted by Gasteiger charge is 2.29. The largest absolute Gasteiger partial charge is 0.383 e. The van der Waals surface area contributed by atoms with Crippen molar-refractivity contribution >= 4 is 5.91 Å². The summed E-state index contributed by atoms with van der Waals surface area (Å²) < 4.78 is 5.08. The molecule has 1 fully saturated rings. The maximum atomic E-state index is 12.0. The highest BCUT2D eigenvalue weighted by molar-refractivity contribution is 5.78. The number of rotatable bonds is 7. The van der Waals surface area contributed by atoms with Crippen LogP contribution in [-0.2, 0) is 29.2 Å². The minimum Gasteiger partial charge on any atom is -0.383 e. The first-order valence-electron chi connectivity index (χ1n) is 8.79. The van der Waals surface area contributed by atoms with Crippen molar-refractivity contribution in [3.8, 4) is 0 Å². The predicted octanol–water partition coefficient (Wildman–Crippen LogP) is 1.56. The van der Waals surface area contributed by atoms with Crippen LogP contribution >= 0.6 is 0 Å². The van der Waals surface area contributed by atoms with Gasteiger partial charge in [0.15, 0.2) is 0 Å². The van der Waals surface area contributed by atoms with E-state index in [1.54, 1.807) is 7.11 Å². The molecule has 2 aliphatic rings. The minimum atomic E-state index is 0.269. The highest BCUT2D eigenvalue weighted by atomic mass is 16.5. The molecular weight excluding hydrogens is 302 g/mol. The maximum Gasteiger partial charge on any atom is 0.223 e. The number of likely N-dealkylation sites (tertiary alicyclic amines) is 1. The Balaban J connectivity index is 1.50. The fraction of sp³-hybridized carbons (Fsp3) is 0.632. The number of nitrogens with zero attached hydrogens (tertiary/aromatic N) is 3. The van der Waals surface area contributed by atoms with Crippen molar-refractivity contribution in [2.45, 2.75) is 26.1 Å². The molecule has 0 aromatic heterocycles. The van der Waals surface area contributed by atoms with Gasteiger partial charge in [0.05, 0.1) is 6.61 Å². The van der Waals surface area contributed by atoms with Gasteiger partial charge in [-0.2, -0.15) is 0 Å². The molecule has 1 aromatic carbocycles. The number of carbonyl (C=O) groups is 1. The summed E-state index contributed by atoms with van der Waals surface area (Å²) in [4.78, 5) is 18.7.